The number of aryl methyl sites for hydroxylation is 2. The van der Waals surface area contributed by atoms with Crippen molar-refractivity contribution in [2.24, 2.45) is 0 Å². The van der Waals surface area contributed by atoms with Gasteiger partial charge in [0.25, 0.3) is 0 Å². The predicted molar refractivity (Wildman–Crippen MR) is 74.7 cm³/mol. The van der Waals surface area contributed by atoms with Gasteiger partial charge in [-0.05, 0) is 44.9 Å². The first-order valence-corrected chi connectivity index (χ1v) is 6.75. The molecule has 17 heavy (non-hydrogen) atoms. The summed E-state index contributed by atoms with van der Waals surface area (Å²) in [6.07, 6.45) is 2.53. The van der Waals surface area contributed by atoms with Gasteiger partial charge in [-0.2, -0.15) is 0 Å². The zero-order valence-corrected chi connectivity index (χ0v) is 11.3. The van der Waals surface area contributed by atoms with E-state index < -0.39 is 0 Å². The Morgan fingerprint density at radius 3 is 2.53 bits per heavy atom. The van der Waals surface area contributed by atoms with Gasteiger partial charge in [0.05, 0.1) is 0 Å². The van der Waals surface area contributed by atoms with Crippen LogP contribution in [0.15, 0.2) is 18.2 Å². The summed E-state index contributed by atoms with van der Waals surface area (Å²) in [6.45, 7) is 10.2. The average molecular weight is 232 g/mol. The number of likely N-dealkylation sites (tertiary alicyclic amines) is 1. The minimum absolute atomic E-state index is 0.652. The highest BCUT2D eigenvalue weighted by molar-refractivity contribution is 5.52. The van der Waals surface area contributed by atoms with Gasteiger partial charge >= 0.3 is 0 Å². The summed E-state index contributed by atoms with van der Waals surface area (Å²) in [5.74, 6) is 0. The lowest BCUT2D eigenvalue weighted by Crippen LogP contribution is -2.38. The predicted octanol–water partition coefficient (Wildman–Crippen LogP) is 3.20. The first-order chi connectivity index (χ1) is 8.19. The molecule has 0 aliphatic carbocycles. The lowest BCUT2D eigenvalue weighted by atomic mass is 10.0. The molecule has 2 heteroatoms. The molecule has 0 amide bonds. The maximum Gasteiger partial charge on any atom is 0.0372 e. The number of piperidine rings is 1. The van der Waals surface area contributed by atoms with Crippen molar-refractivity contribution in [3.05, 3.63) is 29.3 Å². The second-order valence-electron chi connectivity index (χ2n) is 5.17. The maximum absolute atomic E-state index is 3.69. The van der Waals surface area contributed by atoms with Crippen LogP contribution in [0, 0.1) is 13.8 Å². The summed E-state index contributed by atoms with van der Waals surface area (Å²) in [5, 5.41) is 3.69. The van der Waals surface area contributed by atoms with Crippen molar-refractivity contribution in [3.63, 3.8) is 0 Å². The van der Waals surface area contributed by atoms with Gasteiger partial charge in [0.1, 0.15) is 0 Å². The van der Waals surface area contributed by atoms with Gasteiger partial charge in [-0.25, -0.2) is 0 Å². The minimum atomic E-state index is 0.652. The van der Waals surface area contributed by atoms with Gasteiger partial charge in [0.2, 0.25) is 0 Å². The Kier molecular flexibility index (Phi) is 4.06. The molecule has 0 unspecified atom stereocenters. The van der Waals surface area contributed by atoms with E-state index in [2.05, 4.69) is 49.2 Å². The number of benzene rings is 1. The van der Waals surface area contributed by atoms with Crippen LogP contribution >= 0.6 is 0 Å². The number of anilines is 1. The molecule has 1 aliphatic heterocycles. The summed E-state index contributed by atoms with van der Waals surface area (Å²) in [5.41, 5.74) is 4.02. The Balaban J connectivity index is 1.93. The summed E-state index contributed by atoms with van der Waals surface area (Å²) in [4.78, 5) is 2.53. The number of hydrogen-bond acceptors (Lipinski definition) is 2. The van der Waals surface area contributed by atoms with Gasteiger partial charge in [0, 0.05) is 24.8 Å². The van der Waals surface area contributed by atoms with Crippen molar-refractivity contribution in [3.8, 4) is 0 Å². The van der Waals surface area contributed by atoms with Crippen LogP contribution in [0.25, 0.3) is 0 Å². The smallest absolute Gasteiger partial charge is 0.0372 e. The Hall–Kier alpha value is -1.02. The molecule has 0 aromatic heterocycles. The van der Waals surface area contributed by atoms with Crippen LogP contribution in [0.5, 0.6) is 0 Å². The summed E-state index contributed by atoms with van der Waals surface area (Å²) in [6, 6.07) is 7.32. The van der Waals surface area contributed by atoms with E-state index in [1.807, 2.05) is 0 Å². The molecule has 1 aromatic carbocycles. The zero-order valence-electron chi connectivity index (χ0n) is 11.3. The topological polar surface area (TPSA) is 15.3 Å². The molecule has 1 fully saturated rings. The van der Waals surface area contributed by atoms with E-state index in [4.69, 9.17) is 0 Å². The fraction of sp³-hybridized carbons (Fsp3) is 0.600. The minimum Gasteiger partial charge on any atom is -0.382 e. The van der Waals surface area contributed by atoms with Crippen LogP contribution in [0.4, 0.5) is 5.69 Å². The molecule has 0 saturated carbocycles. The fourth-order valence-electron chi connectivity index (χ4n) is 2.59. The van der Waals surface area contributed by atoms with Crippen molar-refractivity contribution in [2.45, 2.75) is 39.7 Å². The highest BCUT2D eigenvalue weighted by Gasteiger charge is 2.17. The van der Waals surface area contributed by atoms with E-state index in [0.717, 1.165) is 0 Å². The van der Waals surface area contributed by atoms with Gasteiger partial charge in [-0.1, -0.05) is 24.6 Å². The molecule has 94 valence electrons. The molecule has 1 N–H and O–H groups in total. The molecule has 1 heterocycles. The Morgan fingerprint density at radius 1 is 1.24 bits per heavy atom. The third kappa shape index (κ3) is 3.22. The van der Waals surface area contributed by atoms with Crippen molar-refractivity contribution >= 4 is 5.69 Å². The Bertz CT molecular complexity index is 365. The highest BCUT2D eigenvalue weighted by Crippen LogP contribution is 2.20. The van der Waals surface area contributed by atoms with E-state index in [9.17, 15) is 0 Å². The number of hydrogen-bond donors (Lipinski definition) is 1. The van der Waals surface area contributed by atoms with Crippen LogP contribution in [-0.2, 0) is 0 Å². The fourth-order valence-corrected chi connectivity index (χ4v) is 2.59. The Morgan fingerprint density at radius 2 is 1.94 bits per heavy atom. The molecule has 2 rings (SSSR count). The number of nitrogens with zero attached hydrogens (tertiary/aromatic N) is 1. The number of rotatable bonds is 3. The van der Waals surface area contributed by atoms with E-state index in [1.165, 1.54) is 49.3 Å². The summed E-state index contributed by atoms with van der Waals surface area (Å²) < 4.78 is 0. The number of nitrogens with one attached hydrogen (secondary N) is 1. The molecule has 0 radical (unpaired) electrons. The van der Waals surface area contributed by atoms with Crippen LogP contribution < -0.4 is 5.32 Å². The van der Waals surface area contributed by atoms with Crippen molar-refractivity contribution < 1.29 is 0 Å². The largest absolute Gasteiger partial charge is 0.382 e. The summed E-state index contributed by atoms with van der Waals surface area (Å²) >= 11 is 0. The van der Waals surface area contributed by atoms with Crippen LogP contribution in [-0.4, -0.2) is 30.6 Å². The van der Waals surface area contributed by atoms with Crippen LogP contribution in [0.2, 0.25) is 0 Å². The highest BCUT2D eigenvalue weighted by atomic mass is 15.1. The third-order valence-electron chi connectivity index (χ3n) is 3.78. The second-order valence-corrected chi connectivity index (χ2v) is 5.17. The first kappa shape index (κ1) is 12.4. The van der Waals surface area contributed by atoms with Gasteiger partial charge < -0.3 is 10.2 Å². The third-order valence-corrected chi connectivity index (χ3v) is 3.78. The monoisotopic (exact) mass is 232 g/mol. The molecular weight excluding hydrogens is 208 g/mol. The van der Waals surface area contributed by atoms with Crippen LogP contribution in [0.1, 0.15) is 30.9 Å². The molecule has 1 aliphatic rings. The molecule has 0 spiro atoms. The molecule has 2 nitrogen and oxygen atoms in total. The van der Waals surface area contributed by atoms with Gasteiger partial charge in [0.15, 0.2) is 0 Å². The van der Waals surface area contributed by atoms with E-state index >= 15 is 0 Å². The standard InChI is InChI=1S/C15H24N2/c1-4-17-9-7-14(8-10-17)16-15-6-5-12(2)11-13(15)3/h5-6,11,14,16H,4,7-10H2,1-3H3. The SMILES string of the molecule is CCN1CCC(Nc2ccc(C)cc2C)CC1. The van der Waals surface area contributed by atoms with Gasteiger partial charge in [-0.15, -0.1) is 0 Å². The maximum atomic E-state index is 3.69. The first-order valence-electron chi connectivity index (χ1n) is 6.75. The van der Waals surface area contributed by atoms with Gasteiger partial charge in [-0.3, -0.25) is 0 Å². The van der Waals surface area contributed by atoms with Crippen molar-refractivity contribution in [1.29, 1.82) is 0 Å². The van der Waals surface area contributed by atoms with Crippen molar-refractivity contribution in [2.75, 3.05) is 25.0 Å². The normalized spacial score (nSPS) is 18.3. The zero-order chi connectivity index (χ0) is 12.3. The molecular formula is C15H24N2. The van der Waals surface area contributed by atoms with E-state index in [-0.39, 0.29) is 0 Å². The molecule has 1 saturated heterocycles. The molecule has 0 bridgehead atoms. The average Bonchev–Trinajstić information content (AvgIpc) is 2.34. The second kappa shape index (κ2) is 5.54. The molecule has 0 atom stereocenters. The lowest BCUT2D eigenvalue weighted by molar-refractivity contribution is 0.229. The molecule has 1 aromatic rings. The Labute approximate surface area is 105 Å². The quantitative estimate of drug-likeness (QED) is 0.861. The van der Waals surface area contributed by atoms with E-state index in [0.29, 0.717) is 6.04 Å². The van der Waals surface area contributed by atoms with E-state index in [1.54, 1.807) is 0 Å². The summed E-state index contributed by atoms with van der Waals surface area (Å²) in [7, 11) is 0. The lowest BCUT2D eigenvalue weighted by Gasteiger charge is -2.32. The van der Waals surface area contributed by atoms with Crippen LogP contribution in [0.3, 0.4) is 0 Å². The van der Waals surface area contributed by atoms with Crippen molar-refractivity contribution in [1.82, 2.24) is 4.90 Å².